The SMILES string of the molecule is O=c1[nH]c(CC2CCCCC2)c(CC2CCCCC2)c(=O)[nH]1. The van der Waals surface area contributed by atoms with Gasteiger partial charge in [0.05, 0.1) is 0 Å². The third kappa shape index (κ3) is 3.90. The van der Waals surface area contributed by atoms with Gasteiger partial charge in [0.25, 0.3) is 5.56 Å². The normalized spacial score (nSPS) is 21.1. The molecule has 22 heavy (non-hydrogen) atoms. The maximum Gasteiger partial charge on any atom is 0.325 e. The Morgan fingerprint density at radius 3 is 1.86 bits per heavy atom. The Balaban J connectivity index is 1.80. The number of H-pyrrole nitrogens is 2. The second kappa shape index (κ2) is 7.30. The summed E-state index contributed by atoms with van der Waals surface area (Å²) < 4.78 is 0. The summed E-state index contributed by atoms with van der Waals surface area (Å²) in [5, 5.41) is 0. The minimum absolute atomic E-state index is 0.153. The van der Waals surface area contributed by atoms with Gasteiger partial charge in [-0.25, -0.2) is 4.79 Å². The Labute approximate surface area is 131 Å². The molecule has 0 saturated heterocycles. The molecule has 4 nitrogen and oxygen atoms in total. The summed E-state index contributed by atoms with van der Waals surface area (Å²) in [6, 6.07) is 0. The van der Waals surface area contributed by atoms with E-state index in [4.69, 9.17) is 0 Å². The molecular formula is C18H28N2O2. The second-order valence-electron chi connectivity index (χ2n) is 7.28. The summed E-state index contributed by atoms with van der Waals surface area (Å²) in [5.74, 6) is 1.25. The van der Waals surface area contributed by atoms with Crippen LogP contribution in [0.15, 0.2) is 9.59 Å². The summed E-state index contributed by atoms with van der Waals surface area (Å²) in [6.45, 7) is 0. The van der Waals surface area contributed by atoms with Gasteiger partial charge in [0.15, 0.2) is 0 Å². The highest BCUT2D eigenvalue weighted by Gasteiger charge is 2.21. The smallest absolute Gasteiger partial charge is 0.311 e. The predicted octanol–water partition coefficient (Wildman–Crippen LogP) is 3.31. The van der Waals surface area contributed by atoms with Gasteiger partial charge in [-0.15, -0.1) is 0 Å². The average molecular weight is 304 g/mol. The van der Waals surface area contributed by atoms with E-state index in [1.165, 1.54) is 64.2 Å². The van der Waals surface area contributed by atoms with Crippen LogP contribution in [0.1, 0.15) is 75.5 Å². The summed E-state index contributed by atoms with van der Waals surface area (Å²) in [5.41, 5.74) is 1.28. The quantitative estimate of drug-likeness (QED) is 0.896. The zero-order valence-electron chi connectivity index (χ0n) is 13.5. The van der Waals surface area contributed by atoms with Crippen LogP contribution in [-0.2, 0) is 12.8 Å². The molecule has 2 saturated carbocycles. The highest BCUT2D eigenvalue weighted by atomic mass is 16.2. The molecule has 0 bridgehead atoms. The van der Waals surface area contributed by atoms with Crippen molar-refractivity contribution in [1.82, 2.24) is 9.97 Å². The molecule has 0 unspecified atom stereocenters. The lowest BCUT2D eigenvalue weighted by atomic mass is 9.82. The summed E-state index contributed by atoms with van der Waals surface area (Å²) in [7, 11) is 0. The van der Waals surface area contributed by atoms with Gasteiger partial charge in [0, 0.05) is 11.3 Å². The number of aromatic nitrogens is 2. The number of aromatic amines is 2. The molecule has 1 aromatic heterocycles. The maximum absolute atomic E-state index is 12.3. The average Bonchev–Trinajstić information content (AvgIpc) is 2.53. The summed E-state index contributed by atoms with van der Waals surface area (Å²) in [6.07, 6.45) is 14.4. The zero-order valence-corrected chi connectivity index (χ0v) is 13.5. The molecule has 0 spiro atoms. The van der Waals surface area contributed by atoms with E-state index in [1.807, 2.05) is 0 Å². The Morgan fingerprint density at radius 2 is 1.27 bits per heavy atom. The van der Waals surface area contributed by atoms with Crippen LogP contribution in [-0.4, -0.2) is 9.97 Å². The lowest BCUT2D eigenvalue weighted by molar-refractivity contribution is 0.343. The van der Waals surface area contributed by atoms with Gasteiger partial charge in [-0.1, -0.05) is 64.2 Å². The van der Waals surface area contributed by atoms with Gasteiger partial charge in [-0.05, 0) is 24.7 Å². The third-order valence-corrected chi connectivity index (χ3v) is 5.56. The van der Waals surface area contributed by atoms with Crippen LogP contribution in [0, 0.1) is 11.8 Å². The van der Waals surface area contributed by atoms with E-state index >= 15 is 0 Å². The van der Waals surface area contributed by atoms with E-state index < -0.39 is 0 Å². The van der Waals surface area contributed by atoms with Crippen molar-refractivity contribution >= 4 is 0 Å². The Bertz CT molecular complexity index is 590. The molecule has 0 aromatic carbocycles. The lowest BCUT2D eigenvalue weighted by Gasteiger charge is -2.24. The van der Waals surface area contributed by atoms with Gasteiger partial charge in [-0.2, -0.15) is 0 Å². The molecule has 1 aromatic rings. The first kappa shape index (κ1) is 15.6. The van der Waals surface area contributed by atoms with Gasteiger partial charge in [0.1, 0.15) is 0 Å². The molecule has 3 rings (SSSR count). The van der Waals surface area contributed by atoms with E-state index in [9.17, 15) is 9.59 Å². The van der Waals surface area contributed by atoms with E-state index in [-0.39, 0.29) is 11.2 Å². The minimum atomic E-state index is -0.344. The molecule has 1 heterocycles. The van der Waals surface area contributed by atoms with Gasteiger partial charge in [-0.3, -0.25) is 9.78 Å². The molecule has 0 aliphatic heterocycles. The number of hydrogen-bond donors (Lipinski definition) is 2. The third-order valence-electron chi connectivity index (χ3n) is 5.56. The molecule has 4 heteroatoms. The molecular weight excluding hydrogens is 276 g/mol. The molecule has 2 aliphatic rings. The standard InChI is InChI=1S/C18H28N2O2/c21-17-15(11-13-7-3-1-4-8-13)16(19-18(22)20-17)12-14-9-5-2-6-10-14/h13-14H,1-12H2,(H2,19,20,21,22). The summed E-state index contributed by atoms with van der Waals surface area (Å²) in [4.78, 5) is 29.4. The molecule has 0 radical (unpaired) electrons. The molecule has 122 valence electrons. The van der Waals surface area contributed by atoms with Crippen LogP contribution in [0.2, 0.25) is 0 Å². The van der Waals surface area contributed by atoms with E-state index in [0.29, 0.717) is 11.8 Å². The van der Waals surface area contributed by atoms with Crippen LogP contribution < -0.4 is 11.2 Å². The van der Waals surface area contributed by atoms with Crippen LogP contribution in [0.5, 0.6) is 0 Å². The van der Waals surface area contributed by atoms with Crippen LogP contribution in [0.4, 0.5) is 0 Å². The first-order chi connectivity index (χ1) is 10.7. The highest BCUT2D eigenvalue weighted by molar-refractivity contribution is 5.18. The molecule has 0 atom stereocenters. The molecule has 2 fully saturated rings. The van der Waals surface area contributed by atoms with Gasteiger partial charge < -0.3 is 4.98 Å². The monoisotopic (exact) mass is 304 g/mol. The van der Waals surface area contributed by atoms with Crippen LogP contribution in [0.3, 0.4) is 0 Å². The number of rotatable bonds is 4. The van der Waals surface area contributed by atoms with Crippen molar-refractivity contribution in [3.05, 3.63) is 32.1 Å². The van der Waals surface area contributed by atoms with E-state index in [2.05, 4.69) is 9.97 Å². The Hall–Kier alpha value is -1.32. The second-order valence-corrected chi connectivity index (χ2v) is 7.28. The zero-order chi connectivity index (χ0) is 15.4. The van der Waals surface area contributed by atoms with Crippen LogP contribution >= 0.6 is 0 Å². The van der Waals surface area contributed by atoms with Crippen molar-refractivity contribution in [3.63, 3.8) is 0 Å². The van der Waals surface area contributed by atoms with Gasteiger partial charge in [0.2, 0.25) is 0 Å². The predicted molar refractivity (Wildman–Crippen MR) is 88.2 cm³/mol. The van der Waals surface area contributed by atoms with Crippen molar-refractivity contribution in [1.29, 1.82) is 0 Å². The van der Waals surface area contributed by atoms with Crippen molar-refractivity contribution in [2.24, 2.45) is 11.8 Å². The van der Waals surface area contributed by atoms with Crippen molar-refractivity contribution in [3.8, 4) is 0 Å². The van der Waals surface area contributed by atoms with E-state index in [1.54, 1.807) is 0 Å². The fourth-order valence-corrected chi connectivity index (χ4v) is 4.31. The number of hydrogen-bond acceptors (Lipinski definition) is 2. The summed E-state index contributed by atoms with van der Waals surface area (Å²) >= 11 is 0. The minimum Gasteiger partial charge on any atom is -0.311 e. The van der Waals surface area contributed by atoms with Crippen molar-refractivity contribution < 1.29 is 0 Å². The largest absolute Gasteiger partial charge is 0.325 e. The van der Waals surface area contributed by atoms with Crippen LogP contribution in [0.25, 0.3) is 0 Å². The van der Waals surface area contributed by atoms with Crippen molar-refractivity contribution in [2.45, 2.75) is 77.0 Å². The highest BCUT2D eigenvalue weighted by Crippen LogP contribution is 2.29. The molecule has 2 N–H and O–H groups in total. The molecule has 0 amide bonds. The van der Waals surface area contributed by atoms with E-state index in [0.717, 1.165) is 24.1 Å². The Kier molecular flexibility index (Phi) is 5.16. The number of nitrogens with one attached hydrogen (secondary N) is 2. The fraction of sp³-hybridized carbons (Fsp3) is 0.778. The first-order valence-corrected chi connectivity index (χ1v) is 9.06. The first-order valence-electron chi connectivity index (χ1n) is 9.06. The van der Waals surface area contributed by atoms with Gasteiger partial charge >= 0.3 is 5.69 Å². The Morgan fingerprint density at radius 1 is 0.727 bits per heavy atom. The maximum atomic E-state index is 12.3. The van der Waals surface area contributed by atoms with Crippen molar-refractivity contribution in [2.75, 3.05) is 0 Å². The fourth-order valence-electron chi connectivity index (χ4n) is 4.31. The molecule has 2 aliphatic carbocycles. The lowest BCUT2D eigenvalue weighted by Crippen LogP contribution is -2.30. The topological polar surface area (TPSA) is 65.7 Å².